The lowest BCUT2D eigenvalue weighted by molar-refractivity contribution is 0.303. The van der Waals surface area contributed by atoms with Crippen molar-refractivity contribution in [2.75, 3.05) is 31.1 Å². The number of hydrogen-bond donors (Lipinski definition) is 2. The van der Waals surface area contributed by atoms with Gasteiger partial charge in [-0.1, -0.05) is 37.3 Å². The van der Waals surface area contributed by atoms with Crippen LogP contribution in [0, 0.1) is 0 Å². The van der Waals surface area contributed by atoms with Gasteiger partial charge in [-0.15, -0.1) is 6.58 Å². The summed E-state index contributed by atoms with van der Waals surface area (Å²) in [5.74, 6) is 0.903. The lowest BCUT2D eigenvalue weighted by Crippen LogP contribution is -2.28. The number of benzene rings is 1. The smallest absolute Gasteiger partial charge is 0.136 e. The van der Waals surface area contributed by atoms with E-state index in [4.69, 9.17) is 0 Å². The van der Waals surface area contributed by atoms with Crippen molar-refractivity contribution in [2.24, 2.45) is 0 Å². The minimum Gasteiger partial charge on any atom is -0.395 e. The highest BCUT2D eigenvalue weighted by Crippen LogP contribution is 2.27. The van der Waals surface area contributed by atoms with E-state index in [2.05, 4.69) is 35.9 Å². The monoisotopic (exact) mass is 285 g/mol. The van der Waals surface area contributed by atoms with Crippen LogP contribution in [0.15, 0.2) is 43.1 Å². The molecule has 0 radical (unpaired) electrons. The first kappa shape index (κ1) is 15.5. The number of aromatic nitrogens is 1. The molecule has 0 amide bonds. The van der Waals surface area contributed by atoms with Gasteiger partial charge in [0, 0.05) is 31.2 Å². The van der Waals surface area contributed by atoms with Crippen molar-refractivity contribution in [3.05, 3.63) is 48.7 Å². The average Bonchev–Trinajstić information content (AvgIpc) is 2.52. The van der Waals surface area contributed by atoms with Crippen LogP contribution in [-0.2, 0) is 6.54 Å². The largest absolute Gasteiger partial charge is 0.395 e. The Bertz CT molecular complexity index is 598. The molecule has 0 aliphatic carbocycles. The molecule has 21 heavy (non-hydrogen) atoms. The number of aliphatic hydroxyl groups excluding tert-OH is 1. The van der Waals surface area contributed by atoms with Gasteiger partial charge >= 0.3 is 0 Å². The molecule has 0 saturated heterocycles. The van der Waals surface area contributed by atoms with Gasteiger partial charge in [-0.05, 0) is 17.5 Å². The molecule has 0 spiro atoms. The molecule has 2 rings (SSSR count). The van der Waals surface area contributed by atoms with E-state index in [-0.39, 0.29) is 6.61 Å². The van der Waals surface area contributed by atoms with Crippen molar-refractivity contribution in [3.8, 4) is 0 Å². The number of anilines is 1. The summed E-state index contributed by atoms with van der Waals surface area (Å²) < 4.78 is 0. The molecule has 4 nitrogen and oxygen atoms in total. The Hall–Kier alpha value is -1.91. The molecule has 2 N–H and O–H groups in total. The maximum absolute atomic E-state index is 9.25. The summed E-state index contributed by atoms with van der Waals surface area (Å²) in [6.07, 6.45) is 3.76. The van der Waals surface area contributed by atoms with Crippen LogP contribution in [0.2, 0.25) is 0 Å². The summed E-state index contributed by atoms with van der Waals surface area (Å²) in [6, 6.07) is 8.28. The molecular weight excluding hydrogens is 262 g/mol. The van der Waals surface area contributed by atoms with Crippen molar-refractivity contribution in [1.82, 2.24) is 10.3 Å². The highest BCUT2D eigenvalue weighted by atomic mass is 16.3. The van der Waals surface area contributed by atoms with Crippen LogP contribution in [0.1, 0.15) is 12.5 Å². The van der Waals surface area contributed by atoms with Gasteiger partial charge in [0.1, 0.15) is 5.82 Å². The van der Waals surface area contributed by atoms with E-state index < -0.39 is 0 Å². The molecule has 112 valence electrons. The number of rotatable bonds is 8. The number of aliphatic hydroxyl groups is 1. The fourth-order valence-corrected chi connectivity index (χ4v) is 2.45. The topological polar surface area (TPSA) is 48.4 Å². The summed E-state index contributed by atoms with van der Waals surface area (Å²) in [5, 5.41) is 14.9. The molecule has 2 aromatic rings. The Labute approximate surface area is 126 Å². The van der Waals surface area contributed by atoms with E-state index in [1.54, 1.807) is 0 Å². The maximum atomic E-state index is 9.25. The summed E-state index contributed by atoms with van der Waals surface area (Å²) in [4.78, 5) is 6.67. The lowest BCUT2D eigenvalue weighted by atomic mass is 10.1. The van der Waals surface area contributed by atoms with Gasteiger partial charge in [-0.3, -0.25) is 0 Å². The second-order valence-electron chi connectivity index (χ2n) is 4.89. The third-order valence-electron chi connectivity index (χ3n) is 3.44. The Kier molecular flexibility index (Phi) is 5.72. The van der Waals surface area contributed by atoms with Gasteiger partial charge in [0.15, 0.2) is 0 Å². The third-order valence-corrected chi connectivity index (χ3v) is 3.44. The van der Waals surface area contributed by atoms with Gasteiger partial charge in [-0.2, -0.15) is 0 Å². The first-order chi connectivity index (χ1) is 10.3. The van der Waals surface area contributed by atoms with Crippen LogP contribution < -0.4 is 10.2 Å². The summed E-state index contributed by atoms with van der Waals surface area (Å²) in [7, 11) is 0. The molecule has 0 bridgehead atoms. The first-order valence-corrected chi connectivity index (χ1v) is 7.35. The molecule has 0 atom stereocenters. The van der Waals surface area contributed by atoms with Crippen LogP contribution in [0.25, 0.3) is 10.8 Å². The van der Waals surface area contributed by atoms with E-state index in [1.165, 1.54) is 10.9 Å². The number of hydrogen-bond acceptors (Lipinski definition) is 4. The summed E-state index contributed by atoms with van der Waals surface area (Å²) in [6.45, 7) is 8.95. The molecular formula is C17H23N3O. The molecule has 0 saturated carbocycles. The van der Waals surface area contributed by atoms with Gasteiger partial charge in [0.25, 0.3) is 0 Å². The van der Waals surface area contributed by atoms with Crippen molar-refractivity contribution in [2.45, 2.75) is 13.5 Å². The number of nitrogens with zero attached hydrogens (tertiary/aromatic N) is 2. The summed E-state index contributed by atoms with van der Waals surface area (Å²) >= 11 is 0. The van der Waals surface area contributed by atoms with Gasteiger partial charge in [0.05, 0.1) is 6.61 Å². The minimum absolute atomic E-state index is 0.100. The van der Waals surface area contributed by atoms with Gasteiger partial charge in [0.2, 0.25) is 0 Å². The van der Waals surface area contributed by atoms with E-state index in [9.17, 15) is 5.11 Å². The Morgan fingerprint density at radius 3 is 2.76 bits per heavy atom. The molecule has 0 fully saturated rings. The molecule has 1 aromatic heterocycles. The standard InChI is InChI=1S/C17H23N3O/c1-3-9-20(10-11-21)17-16-8-6-5-7-15(16)14(13-19-17)12-18-4-2/h3,5-8,13,18,21H,1,4,9-12H2,2H3. The van der Waals surface area contributed by atoms with E-state index in [0.29, 0.717) is 13.1 Å². The fourth-order valence-electron chi connectivity index (χ4n) is 2.45. The lowest BCUT2D eigenvalue weighted by Gasteiger charge is -2.23. The van der Waals surface area contributed by atoms with E-state index in [0.717, 1.165) is 24.3 Å². The second kappa shape index (κ2) is 7.76. The molecule has 0 unspecified atom stereocenters. The van der Waals surface area contributed by atoms with Crippen LogP contribution in [-0.4, -0.2) is 36.3 Å². The van der Waals surface area contributed by atoms with Crippen molar-refractivity contribution in [1.29, 1.82) is 0 Å². The van der Waals surface area contributed by atoms with Crippen molar-refractivity contribution >= 4 is 16.6 Å². The normalized spacial score (nSPS) is 10.8. The predicted molar refractivity (Wildman–Crippen MR) is 88.6 cm³/mol. The fraction of sp³-hybridized carbons (Fsp3) is 0.353. The predicted octanol–water partition coefficient (Wildman–Crippen LogP) is 2.33. The zero-order chi connectivity index (χ0) is 15.1. The Morgan fingerprint density at radius 2 is 2.10 bits per heavy atom. The SMILES string of the molecule is C=CCN(CCO)c1ncc(CNCC)c2ccccc12. The zero-order valence-corrected chi connectivity index (χ0v) is 12.5. The average molecular weight is 285 g/mol. The van der Waals surface area contributed by atoms with Crippen LogP contribution in [0.5, 0.6) is 0 Å². The molecule has 0 aliphatic rings. The Balaban J connectivity index is 2.47. The van der Waals surface area contributed by atoms with Gasteiger partial charge in [-0.25, -0.2) is 4.98 Å². The van der Waals surface area contributed by atoms with Crippen LogP contribution in [0.3, 0.4) is 0 Å². The summed E-state index contributed by atoms with van der Waals surface area (Å²) in [5.41, 5.74) is 1.19. The quantitative estimate of drug-likeness (QED) is 0.731. The second-order valence-corrected chi connectivity index (χ2v) is 4.89. The van der Waals surface area contributed by atoms with E-state index >= 15 is 0 Å². The zero-order valence-electron chi connectivity index (χ0n) is 12.5. The minimum atomic E-state index is 0.100. The highest BCUT2D eigenvalue weighted by Gasteiger charge is 2.12. The molecule has 0 aliphatic heterocycles. The Morgan fingerprint density at radius 1 is 1.33 bits per heavy atom. The number of nitrogens with one attached hydrogen (secondary N) is 1. The molecule has 4 heteroatoms. The van der Waals surface area contributed by atoms with E-state index in [1.807, 2.05) is 29.3 Å². The maximum Gasteiger partial charge on any atom is 0.136 e. The third kappa shape index (κ3) is 3.60. The number of pyridine rings is 1. The van der Waals surface area contributed by atoms with Crippen LogP contribution >= 0.6 is 0 Å². The van der Waals surface area contributed by atoms with Gasteiger partial charge < -0.3 is 15.3 Å². The highest BCUT2D eigenvalue weighted by molar-refractivity contribution is 5.94. The first-order valence-electron chi connectivity index (χ1n) is 7.35. The molecule has 1 aromatic carbocycles. The van der Waals surface area contributed by atoms with Crippen molar-refractivity contribution < 1.29 is 5.11 Å². The molecule has 1 heterocycles. The van der Waals surface area contributed by atoms with Crippen molar-refractivity contribution in [3.63, 3.8) is 0 Å². The van der Waals surface area contributed by atoms with Crippen LogP contribution in [0.4, 0.5) is 5.82 Å². The number of fused-ring (bicyclic) bond motifs is 1.